The van der Waals surface area contributed by atoms with Crippen LogP contribution < -0.4 is 16.0 Å². The van der Waals surface area contributed by atoms with Crippen molar-refractivity contribution in [3.8, 4) is 0 Å². The van der Waals surface area contributed by atoms with E-state index in [9.17, 15) is 9.59 Å². The van der Waals surface area contributed by atoms with Crippen LogP contribution in [0, 0.1) is 6.92 Å². The van der Waals surface area contributed by atoms with E-state index in [0.717, 1.165) is 11.3 Å². The molecule has 2 aromatic rings. The Kier molecular flexibility index (Phi) is 6.77. The van der Waals surface area contributed by atoms with E-state index >= 15 is 0 Å². The van der Waals surface area contributed by atoms with Crippen molar-refractivity contribution < 1.29 is 9.59 Å². The first-order valence-corrected chi connectivity index (χ1v) is 9.48. The summed E-state index contributed by atoms with van der Waals surface area (Å²) in [6.07, 6.45) is 0. The van der Waals surface area contributed by atoms with Gasteiger partial charge >= 0.3 is 6.03 Å². The molecule has 3 N–H and O–H groups in total. The zero-order valence-corrected chi connectivity index (χ0v) is 16.1. The number of carbonyl (C=O) groups is 2. The van der Waals surface area contributed by atoms with Gasteiger partial charge in [-0.3, -0.25) is 10.1 Å². The minimum absolute atomic E-state index is 0.0332. The average Bonchev–Trinajstić information content (AvgIpc) is 2.93. The van der Waals surface area contributed by atoms with Gasteiger partial charge in [0.25, 0.3) is 0 Å². The van der Waals surface area contributed by atoms with Crippen LogP contribution in [0.25, 0.3) is 0 Å². The van der Waals surface area contributed by atoms with Gasteiger partial charge in [0.2, 0.25) is 11.0 Å². The lowest BCUT2D eigenvalue weighted by Crippen LogP contribution is -2.45. The van der Waals surface area contributed by atoms with E-state index in [0.29, 0.717) is 9.47 Å². The van der Waals surface area contributed by atoms with Gasteiger partial charge in [-0.25, -0.2) is 4.79 Å². The van der Waals surface area contributed by atoms with Gasteiger partial charge < -0.3 is 10.6 Å². The normalized spacial score (nSPS) is 11.9. The molecule has 0 unspecified atom stereocenters. The van der Waals surface area contributed by atoms with Crippen LogP contribution in [0.15, 0.2) is 28.6 Å². The van der Waals surface area contributed by atoms with Crippen molar-refractivity contribution in [3.05, 3.63) is 29.8 Å². The second kappa shape index (κ2) is 8.82. The highest BCUT2D eigenvalue weighted by Crippen LogP contribution is 2.30. The van der Waals surface area contributed by atoms with E-state index in [4.69, 9.17) is 0 Å². The molecule has 1 heterocycles. The topological polar surface area (TPSA) is 96.0 Å². The fourth-order valence-corrected chi connectivity index (χ4v) is 3.79. The predicted molar refractivity (Wildman–Crippen MR) is 102 cm³/mol. The summed E-state index contributed by atoms with van der Waals surface area (Å²) in [5, 5.41) is 16.5. The smallest absolute Gasteiger partial charge is 0.321 e. The Morgan fingerprint density at radius 2 is 1.96 bits per heavy atom. The van der Waals surface area contributed by atoms with E-state index in [1.165, 1.54) is 23.1 Å². The number of aryl methyl sites for hydroxylation is 1. The van der Waals surface area contributed by atoms with Crippen molar-refractivity contribution in [2.45, 2.75) is 43.3 Å². The molecule has 0 spiro atoms. The number of anilines is 2. The molecule has 134 valence electrons. The third kappa shape index (κ3) is 6.35. The zero-order valence-electron chi connectivity index (χ0n) is 14.5. The molecule has 0 aliphatic carbocycles. The third-order valence-corrected chi connectivity index (χ3v) is 5.00. The van der Waals surface area contributed by atoms with Crippen LogP contribution in [0.5, 0.6) is 0 Å². The Morgan fingerprint density at radius 1 is 1.20 bits per heavy atom. The number of benzene rings is 1. The Bertz CT molecular complexity index is 748. The number of thioether (sulfide) groups is 1. The minimum atomic E-state index is -0.494. The summed E-state index contributed by atoms with van der Waals surface area (Å²) in [4.78, 5) is 23.6. The second-order valence-electron chi connectivity index (χ2n) is 5.75. The van der Waals surface area contributed by atoms with Crippen LogP contribution in [-0.4, -0.2) is 33.4 Å². The number of urea groups is 1. The molecule has 0 aliphatic rings. The Labute approximate surface area is 155 Å². The van der Waals surface area contributed by atoms with Gasteiger partial charge in [0.15, 0.2) is 4.34 Å². The van der Waals surface area contributed by atoms with Crippen LogP contribution in [0.3, 0.4) is 0 Å². The van der Waals surface area contributed by atoms with Crippen LogP contribution in [0.1, 0.15) is 26.3 Å². The minimum Gasteiger partial charge on any atom is -0.336 e. The zero-order chi connectivity index (χ0) is 18.4. The first-order chi connectivity index (χ1) is 11.8. The number of hydrogen-bond donors (Lipinski definition) is 3. The van der Waals surface area contributed by atoms with Crippen molar-refractivity contribution >= 4 is 45.9 Å². The summed E-state index contributed by atoms with van der Waals surface area (Å²) in [7, 11) is 0. The molecule has 0 aliphatic heterocycles. The van der Waals surface area contributed by atoms with E-state index in [1.807, 2.05) is 45.0 Å². The maximum atomic E-state index is 12.0. The third-order valence-electron chi connectivity index (χ3n) is 2.98. The largest absolute Gasteiger partial charge is 0.336 e. The number of hydrogen-bond acceptors (Lipinski definition) is 7. The molecule has 0 bridgehead atoms. The summed E-state index contributed by atoms with van der Waals surface area (Å²) in [5.41, 5.74) is 2.08. The highest BCUT2D eigenvalue weighted by atomic mass is 32.2. The lowest BCUT2D eigenvalue weighted by Gasteiger charge is -2.11. The van der Waals surface area contributed by atoms with Gasteiger partial charge in [-0.05, 0) is 45.4 Å². The Morgan fingerprint density at radius 3 is 2.64 bits per heavy atom. The van der Waals surface area contributed by atoms with Crippen LogP contribution in [0.2, 0.25) is 0 Å². The number of carbonyl (C=O) groups excluding carboxylic acids is 2. The SMILES string of the molecule is Cc1cccc(Nc2nnc(S[C@H](C)C(=O)NC(=O)NC(C)C)s2)c1. The fraction of sp³-hybridized carbons (Fsp3) is 0.375. The number of nitrogens with one attached hydrogen (secondary N) is 3. The molecule has 1 atom stereocenters. The molecule has 0 radical (unpaired) electrons. The maximum Gasteiger partial charge on any atom is 0.321 e. The van der Waals surface area contributed by atoms with Gasteiger partial charge in [-0.1, -0.05) is 35.2 Å². The summed E-state index contributed by atoms with van der Waals surface area (Å²) >= 11 is 2.62. The van der Waals surface area contributed by atoms with E-state index < -0.39 is 11.3 Å². The molecule has 0 saturated carbocycles. The summed E-state index contributed by atoms with van der Waals surface area (Å²) < 4.78 is 0.655. The molecule has 3 amide bonds. The molecule has 1 aromatic heterocycles. The van der Waals surface area contributed by atoms with Gasteiger partial charge in [0, 0.05) is 11.7 Å². The van der Waals surface area contributed by atoms with Crippen LogP contribution >= 0.6 is 23.1 Å². The highest BCUT2D eigenvalue weighted by molar-refractivity contribution is 8.02. The lowest BCUT2D eigenvalue weighted by molar-refractivity contribution is -0.119. The lowest BCUT2D eigenvalue weighted by atomic mass is 10.2. The standard InChI is InChI=1S/C16H21N5O2S2/c1-9(2)17-14(23)19-13(22)11(4)24-16-21-20-15(25-16)18-12-7-5-6-10(3)8-12/h5-9,11H,1-4H3,(H,18,20)(H2,17,19,22,23)/t11-/m1/s1. The number of nitrogens with zero attached hydrogens (tertiary/aromatic N) is 2. The number of amides is 3. The molecule has 7 nitrogen and oxygen atoms in total. The quantitative estimate of drug-likeness (QED) is 0.667. The molecule has 25 heavy (non-hydrogen) atoms. The van der Waals surface area contributed by atoms with Crippen molar-refractivity contribution in [2.75, 3.05) is 5.32 Å². The highest BCUT2D eigenvalue weighted by Gasteiger charge is 2.19. The maximum absolute atomic E-state index is 12.0. The number of rotatable bonds is 6. The van der Waals surface area contributed by atoms with E-state index in [-0.39, 0.29) is 11.9 Å². The first kappa shape index (κ1) is 19.2. The van der Waals surface area contributed by atoms with Crippen molar-refractivity contribution in [2.24, 2.45) is 0 Å². The van der Waals surface area contributed by atoms with Gasteiger partial charge in [-0.2, -0.15) is 0 Å². The average molecular weight is 380 g/mol. The Hall–Kier alpha value is -2.13. The summed E-state index contributed by atoms with van der Waals surface area (Å²) in [5.74, 6) is -0.369. The molecular formula is C16H21N5O2S2. The van der Waals surface area contributed by atoms with Crippen LogP contribution in [0.4, 0.5) is 15.6 Å². The van der Waals surface area contributed by atoms with Crippen LogP contribution in [-0.2, 0) is 4.79 Å². The molecule has 1 aromatic carbocycles. The van der Waals surface area contributed by atoms with E-state index in [1.54, 1.807) is 6.92 Å². The van der Waals surface area contributed by atoms with E-state index in [2.05, 4.69) is 26.1 Å². The second-order valence-corrected chi connectivity index (χ2v) is 8.31. The first-order valence-electron chi connectivity index (χ1n) is 7.78. The van der Waals surface area contributed by atoms with Crippen molar-refractivity contribution in [1.82, 2.24) is 20.8 Å². The molecule has 0 fully saturated rings. The van der Waals surface area contributed by atoms with Gasteiger partial charge in [0.1, 0.15) is 0 Å². The monoisotopic (exact) mass is 379 g/mol. The predicted octanol–water partition coefficient (Wildman–Crippen LogP) is 3.30. The van der Waals surface area contributed by atoms with Crippen molar-refractivity contribution in [3.63, 3.8) is 0 Å². The van der Waals surface area contributed by atoms with Crippen molar-refractivity contribution in [1.29, 1.82) is 0 Å². The van der Waals surface area contributed by atoms with Gasteiger partial charge in [0.05, 0.1) is 5.25 Å². The molecule has 0 saturated heterocycles. The number of imide groups is 1. The molecule has 9 heteroatoms. The summed E-state index contributed by atoms with van der Waals surface area (Å²) in [6.45, 7) is 7.39. The van der Waals surface area contributed by atoms with Gasteiger partial charge in [-0.15, -0.1) is 10.2 Å². The summed E-state index contributed by atoms with van der Waals surface area (Å²) in [6, 6.07) is 7.41. The fourth-order valence-electron chi connectivity index (χ4n) is 1.87. The molecule has 2 rings (SSSR count). The number of aromatic nitrogens is 2. The Balaban J connectivity index is 1.89. The molecular weight excluding hydrogens is 358 g/mol.